The van der Waals surface area contributed by atoms with Gasteiger partial charge in [-0.1, -0.05) is 13.8 Å². The highest BCUT2D eigenvalue weighted by molar-refractivity contribution is 6.06. The van der Waals surface area contributed by atoms with E-state index in [2.05, 4.69) is 5.32 Å². The predicted molar refractivity (Wildman–Crippen MR) is 44.5 cm³/mol. The lowest BCUT2D eigenvalue weighted by molar-refractivity contribution is -0.127. The summed E-state index contributed by atoms with van der Waals surface area (Å²) in [4.78, 5) is 23.9. The van der Waals surface area contributed by atoms with Crippen molar-refractivity contribution in [3.05, 3.63) is 0 Å². The summed E-state index contributed by atoms with van der Waals surface area (Å²) in [6.45, 7) is 5.63. The fourth-order valence-corrected chi connectivity index (χ4v) is 1.32. The van der Waals surface area contributed by atoms with Gasteiger partial charge in [-0.05, 0) is 12.8 Å². The molecule has 68 valence electrons. The van der Waals surface area contributed by atoms with Crippen LogP contribution in [0.3, 0.4) is 0 Å². The lowest BCUT2D eigenvalue weighted by Crippen LogP contribution is -2.49. The molecule has 0 bridgehead atoms. The largest absolute Gasteiger partial charge is 0.324 e. The van der Waals surface area contributed by atoms with Crippen LogP contribution < -0.4 is 5.32 Å². The number of rotatable bonds is 1. The highest BCUT2D eigenvalue weighted by Gasteiger charge is 2.49. The third-order valence-corrected chi connectivity index (χ3v) is 2.81. The summed E-state index contributed by atoms with van der Waals surface area (Å²) in [5.74, 6) is -0.0843. The molecule has 1 rings (SSSR count). The molecular formula is C8H14N2O2. The number of amides is 3. The molecule has 4 heteroatoms. The van der Waals surface area contributed by atoms with Crippen molar-refractivity contribution in [3.63, 3.8) is 0 Å². The van der Waals surface area contributed by atoms with Crippen LogP contribution in [-0.2, 0) is 4.79 Å². The number of imide groups is 1. The highest BCUT2D eigenvalue weighted by atomic mass is 16.2. The zero-order valence-corrected chi connectivity index (χ0v) is 7.84. The number of carbonyl (C=O) groups is 2. The maximum atomic E-state index is 11.4. The van der Waals surface area contributed by atoms with Crippen LogP contribution in [-0.4, -0.2) is 29.4 Å². The molecule has 1 atom stereocenters. The normalized spacial score (nSPS) is 29.9. The Hall–Kier alpha value is -1.06. The number of nitrogens with one attached hydrogen (secondary N) is 1. The molecule has 1 fully saturated rings. The molecule has 1 unspecified atom stereocenters. The smallest absolute Gasteiger partial charge is 0.313 e. The van der Waals surface area contributed by atoms with Gasteiger partial charge in [-0.2, -0.15) is 0 Å². The first-order valence-corrected chi connectivity index (χ1v) is 4.00. The van der Waals surface area contributed by atoms with Crippen molar-refractivity contribution in [1.82, 2.24) is 10.2 Å². The molecule has 0 radical (unpaired) electrons. The molecule has 3 amide bonds. The summed E-state index contributed by atoms with van der Waals surface area (Å²) in [5, 5.41) is 2.29. The number of nitrogens with zero attached hydrogens (tertiary/aromatic N) is 1. The first-order chi connectivity index (χ1) is 5.40. The summed E-state index contributed by atoms with van der Waals surface area (Å²) in [6.07, 6.45) is 0. The minimum absolute atomic E-state index is 0.119. The molecule has 1 aliphatic heterocycles. The van der Waals surface area contributed by atoms with E-state index in [-0.39, 0.29) is 17.9 Å². The second-order valence-corrected chi connectivity index (χ2v) is 3.62. The molecule has 0 aliphatic carbocycles. The van der Waals surface area contributed by atoms with E-state index in [4.69, 9.17) is 0 Å². The van der Waals surface area contributed by atoms with E-state index in [1.807, 2.05) is 13.8 Å². The highest BCUT2D eigenvalue weighted by Crippen LogP contribution is 2.27. The van der Waals surface area contributed by atoms with Crippen LogP contribution in [0.4, 0.5) is 4.79 Å². The lowest BCUT2D eigenvalue weighted by atomic mass is 9.87. The van der Waals surface area contributed by atoms with Gasteiger partial charge in [0, 0.05) is 7.05 Å². The van der Waals surface area contributed by atoms with E-state index < -0.39 is 5.54 Å². The van der Waals surface area contributed by atoms with E-state index in [0.717, 1.165) is 0 Å². The second kappa shape index (κ2) is 2.47. The number of likely N-dealkylation sites (N-methyl/N-ethyl adjacent to an activating group) is 1. The van der Waals surface area contributed by atoms with Crippen LogP contribution in [0.2, 0.25) is 0 Å². The Kier molecular flexibility index (Phi) is 1.86. The molecule has 0 saturated carbocycles. The van der Waals surface area contributed by atoms with Crippen LogP contribution in [0.1, 0.15) is 20.8 Å². The summed E-state index contributed by atoms with van der Waals surface area (Å²) in [7, 11) is 1.64. The summed E-state index contributed by atoms with van der Waals surface area (Å²) in [5.41, 5.74) is -0.683. The minimum Gasteiger partial charge on any atom is -0.313 e. The third kappa shape index (κ3) is 0.906. The van der Waals surface area contributed by atoms with Gasteiger partial charge in [0.2, 0.25) is 0 Å². The van der Waals surface area contributed by atoms with Gasteiger partial charge in [0.25, 0.3) is 5.91 Å². The monoisotopic (exact) mass is 170 g/mol. The van der Waals surface area contributed by atoms with Crippen LogP contribution in [0.5, 0.6) is 0 Å². The van der Waals surface area contributed by atoms with Gasteiger partial charge in [-0.15, -0.1) is 0 Å². The Labute approximate surface area is 71.9 Å². The zero-order valence-electron chi connectivity index (χ0n) is 7.84. The molecule has 0 aromatic rings. The van der Waals surface area contributed by atoms with E-state index >= 15 is 0 Å². The Morgan fingerprint density at radius 1 is 1.42 bits per heavy atom. The van der Waals surface area contributed by atoms with Crippen LogP contribution in [0.15, 0.2) is 0 Å². The zero-order chi connectivity index (χ0) is 9.52. The first kappa shape index (κ1) is 9.03. The molecule has 0 aromatic carbocycles. The van der Waals surface area contributed by atoms with Gasteiger partial charge >= 0.3 is 6.03 Å². The Morgan fingerprint density at radius 2 is 1.92 bits per heavy atom. The molecule has 1 heterocycles. The van der Waals surface area contributed by atoms with Gasteiger partial charge in [0.15, 0.2) is 0 Å². The molecular weight excluding hydrogens is 156 g/mol. The van der Waals surface area contributed by atoms with Gasteiger partial charge in [0.1, 0.15) is 5.54 Å². The van der Waals surface area contributed by atoms with Crippen molar-refractivity contribution in [2.45, 2.75) is 26.3 Å². The molecule has 4 nitrogen and oxygen atoms in total. The maximum absolute atomic E-state index is 11.4. The first-order valence-electron chi connectivity index (χ1n) is 4.00. The Bertz CT molecular complexity index is 237. The summed E-state index contributed by atoms with van der Waals surface area (Å²) in [6, 6.07) is -0.309. The van der Waals surface area contributed by atoms with Gasteiger partial charge in [-0.25, -0.2) is 4.79 Å². The number of urea groups is 1. The van der Waals surface area contributed by atoms with Crippen molar-refractivity contribution < 1.29 is 9.59 Å². The van der Waals surface area contributed by atoms with Crippen molar-refractivity contribution >= 4 is 11.9 Å². The maximum Gasteiger partial charge on any atom is 0.324 e. The van der Waals surface area contributed by atoms with Crippen molar-refractivity contribution in [3.8, 4) is 0 Å². The van der Waals surface area contributed by atoms with E-state index in [0.29, 0.717) is 0 Å². The summed E-state index contributed by atoms with van der Waals surface area (Å²) >= 11 is 0. The lowest BCUT2D eigenvalue weighted by Gasteiger charge is -2.32. The van der Waals surface area contributed by atoms with Crippen LogP contribution >= 0.6 is 0 Å². The fraction of sp³-hybridized carbons (Fsp3) is 0.750. The van der Waals surface area contributed by atoms with Crippen molar-refractivity contribution in [2.24, 2.45) is 5.92 Å². The molecule has 1 aliphatic rings. The number of hydrogen-bond acceptors (Lipinski definition) is 2. The van der Waals surface area contributed by atoms with Gasteiger partial charge in [0.05, 0.1) is 0 Å². The Balaban J connectivity index is 3.03. The van der Waals surface area contributed by atoms with E-state index in [9.17, 15) is 9.59 Å². The third-order valence-electron chi connectivity index (χ3n) is 2.81. The van der Waals surface area contributed by atoms with Crippen LogP contribution in [0, 0.1) is 5.92 Å². The molecule has 1 N–H and O–H groups in total. The average molecular weight is 170 g/mol. The average Bonchev–Trinajstić information content (AvgIpc) is 2.16. The number of hydrogen-bond donors (Lipinski definition) is 1. The van der Waals surface area contributed by atoms with E-state index in [1.165, 1.54) is 4.90 Å². The number of carbonyl (C=O) groups excluding carboxylic acids is 2. The molecule has 1 saturated heterocycles. The van der Waals surface area contributed by atoms with E-state index in [1.54, 1.807) is 14.0 Å². The molecule has 0 spiro atoms. The molecule has 0 aromatic heterocycles. The quantitative estimate of drug-likeness (QED) is 0.585. The van der Waals surface area contributed by atoms with Crippen molar-refractivity contribution in [1.29, 1.82) is 0 Å². The SMILES string of the molecule is CC(C)C1(C)C(=O)NC(=O)N1C. The van der Waals surface area contributed by atoms with Gasteiger partial charge < -0.3 is 4.90 Å². The second-order valence-electron chi connectivity index (χ2n) is 3.62. The van der Waals surface area contributed by atoms with Crippen LogP contribution in [0.25, 0.3) is 0 Å². The minimum atomic E-state index is -0.683. The fourth-order valence-electron chi connectivity index (χ4n) is 1.32. The topological polar surface area (TPSA) is 49.4 Å². The van der Waals surface area contributed by atoms with Crippen molar-refractivity contribution in [2.75, 3.05) is 7.05 Å². The predicted octanol–water partition coefficient (Wildman–Crippen LogP) is 0.583. The summed E-state index contributed by atoms with van der Waals surface area (Å²) < 4.78 is 0. The van der Waals surface area contributed by atoms with Gasteiger partial charge in [-0.3, -0.25) is 10.1 Å². The molecule has 12 heavy (non-hydrogen) atoms. The Morgan fingerprint density at radius 3 is 2.08 bits per heavy atom. The standard InChI is InChI=1S/C8H14N2O2/c1-5(2)8(3)6(11)9-7(12)10(8)4/h5H,1-4H3,(H,9,11,12).